The van der Waals surface area contributed by atoms with E-state index in [1.54, 1.807) is 38.1 Å². The van der Waals surface area contributed by atoms with Gasteiger partial charge in [0.15, 0.2) is 0 Å². The third-order valence-electron chi connectivity index (χ3n) is 3.48. The predicted octanol–water partition coefficient (Wildman–Crippen LogP) is 2.81. The lowest BCUT2D eigenvalue weighted by atomic mass is 10.1. The molecule has 1 aromatic heterocycles. The number of hydrogen-bond acceptors (Lipinski definition) is 6. The summed E-state index contributed by atoms with van der Waals surface area (Å²) >= 11 is 7.13. The molecule has 1 aliphatic rings. The number of urea groups is 1. The minimum absolute atomic E-state index is 0.236. The molecule has 0 bridgehead atoms. The lowest BCUT2D eigenvalue weighted by Crippen LogP contribution is -2.40. The second-order valence-electron chi connectivity index (χ2n) is 5.74. The number of amides is 3. The molecule has 1 saturated heterocycles. The zero-order chi connectivity index (χ0) is 17.3. The second kappa shape index (κ2) is 6.45. The quantitative estimate of drug-likeness (QED) is 0.646. The third-order valence-corrected chi connectivity index (χ3v) is 4.53. The lowest BCUT2D eigenvalue weighted by Gasteiger charge is -2.15. The summed E-state index contributed by atoms with van der Waals surface area (Å²) in [6.07, 6.45) is 0. The van der Waals surface area contributed by atoms with Crippen LogP contribution in [0.5, 0.6) is 0 Å². The van der Waals surface area contributed by atoms with Crippen LogP contribution in [0.2, 0.25) is 5.02 Å². The van der Waals surface area contributed by atoms with Crippen LogP contribution >= 0.6 is 23.4 Å². The van der Waals surface area contributed by atoms with E-state index in [2.05, 4.69) is 15.5 Å². The lowest BCUT2D eigenvalue weighted by molar-refractivity contribution is -0.130. The summed E-state index contributed by atoms with van der Waals surface area (Å²) in [4.78, 5) is 25.0. The maximum atomic E-state index is 12.1. The molecule has 2 aromatic rings. The highest BCUT2D eigenvalue weighted by Crippen LogP contribution is 2.25. The van der Waals surface area contributed by atoms with Gasteiger partial charge in [-0.1, -0.05) is 23.4 Å². The highest BCUT2D eigenvalue weighted by molar-refractivity contribution is 7.99. The fourth-order valence-electron chi connectivity index (χ4n) is 2.22. The Kier molecular flexibility index (Phi) is 4.51. The second-order valence-corrected chi connectivity index (χ2v) is 7.22. The van der Waals surface area contributed by atoms with Crippen molar-refractivity contribution in [1.29, 1.82) is 0 Å². The molecular formula is C15H15ClN4O3S. The van der Waals surface area contributed by atoms with E-state index in [9.17, 15) is 9.59 Å². The molecule has 1 aromatic carbocycles. The Hall–Kier alpha value is -2.06. The number of carbonyl (C=O) groups is 2. The molecule has 0 unspecified atom stereocenters. The van der Waals surface area contributed by atoms with Crippen molar-refractivity contribution in [3.05, 3.63) is 29.3 Å². The summed E-state index contributed by atoms with van der Waals surface area (Å²) in [6, 6.07) is 6.69. The van der Waals surface area contributed by atoms with E-state index in [-0.39, 0.29) is 18.5 Å². The van der Waals surface area contributed by atoms with Gasteiger partial charge in [-0.2, -0.15) is 0 Å². The van der Waals surface area contributed by atoms with E-state index >= 15 is 0 Å². The Morgan fingerprint density at radius 2 is 1.96 bits per heavy atom. The van der Waals surface area contributed by atoms with Gasteiger partial charge in [0.05, 0.1) is 0 Å². The van der Waals surface area contributed by atoms with E-state index in [0.29, 0.717) is 21.9 Å². The van der Waals surface area contributed by atoms with Gasteiger partial charge in [-0.05, 0) is 38.1 Å². The molecule has 126 valence electrons. The van der Waals surface area contributed by atoms with Crippen molar-refractivity contribution in [1.82, 2.24) is 20.4 Å². The van der Waals surface area contributed by atoms with Gasteiger partial charge in [0.1, 0.15) is 5.54 Å². The van der Waals surface area contributed by atoms with E-state index in [1.165, 1.54) is 16.7 Å². The number of imide groups is 1. The van der Waals surface area contributed by atoms with Crippen molar-refractivity contribution in [2.45, 2.75) is 24.6 Å². The van der Waals surface area contributed by atoms with Gasteiger partial charge in [0, 0.05) is 22.9 Å². The molecule has 2 heterocycles. The molecule has 3 amide bonds. The number of carbonyl (C=O) groups excluding carboxylic acids is 2. The maximum absolute atomic E-state index is 12.1. The first-order chi connectivity index (χ1) is 11.4. The summed E-state index contributed by atoms with van der Waals surface area (Å²) in [6.45, 7) is 3.63. The normalized spacial score (nSPS) is 16.5. The van der Waals surface area contributed by atoms with Crippen molar-refractivity contribution in [3.63, 3.8) is 0 Å². The number of thioether (sulfide) groups is 1. The van der Waals surface area contributed by atoms with Gasteiger partial charge in [-0.15, -0.1) is 10.2 Å². The minimum atomic E-state index is -0.853. The van der Waals surface area contributed by atoms with Gasteiger partial charge in [-0.3, -0.25) is 9.69 Å². The smallest absolute Gasteiger partial charge is 0.325 e. The fourth-order valence-corrected chi connectivity index (χ4v) is 3.03. The van der Waals surface area contributed by atoms with E-state index in [0.717, 1.165) is 5.56 Å². The molecule has 0 aliphatic carbocycles. The summed E-state index contributed by atoms with van der Waals surface area (Å²) < 4.78 is 5.56. The summed E-state index contributed by atoms with van der Waals surface area (Å²) in [5, 5.41) is 11.6. The van der Waals surface area contributed by atoms with Crippen LogP contribution in [0.4, 0.5) is 4.79 Å². The molecule has 1 aliphatic heterocycles. The number of benzene rings is 1. The zero-order valence-electron chi connectivity index (χ0n) is 13.1. The first kappa shape index (κ1) is 16.8. The Balaban J connectivity index is 1.57. The van der Waals surface area contributed by atoms with E-state index in [1.807, 2.05) is 0 Å². The summed E-state index contributed by atoms with van der Waals surface area (Å²) in [5.41, 5.74) is -0.0804. The van der Waals surface area contributed by atoms with Crippen molar-refractivity contribution in [2.75, 3.05) is 12.3 Å². The Bertz CT molecular complexity index is 775. The molecule has 24 heavy (non-hydrogen) atoms. The molecule has 0 radical (unpaired) electrons. The van der Waals surface area contributed by atoms with Crippen LogP contribution in [0.3, 0.4) is 0 Å². The SMILES string of the molecule is CC1(C)NC(=O)N(CCSc2nnc(-c3ccc(Cl)cc3)o2)C1=O. The molecule has 0 spiro atoms. The number of nitrogens with zero attached hydrogens (tertiary/aromatic N) is 3. The van der Waals surface area contributed by atoms with Gasteiger partial charge >= 0.3 is 6.03 Å². The molecule has 1 fully saturated rings. The van der Waals surface area contributed by atoms with Crippen molar-refractivity contribution >= 4 is 35.3 Å². The number of halogens is 1. The van der Waals surface area contributed by atoms with Crippen LogP contribution < -0.4 is 5.32 Å². The number of aromatic nitrogens is 2. The largest absolute Gasteiger partial charge is 0.411 e. The topological polar surface area (TPSA) is 88.3 Å². The number of nitrogens with one attached hydrogen (secondary N) is 1. The molecule has 7 nitrogen and oxygen atoms in total. The van der Waals surface area contributed by atoms with Gasteiger partial charge in [0.2, 0.25) is 5.89 Å². The Morgan fingerprint density at radius 1 is 1.25 bits per heavy atom. The first-order valence-electron chi connectivity index (χ1n) is 7.23. The molecule has 0 saturated carbocycles. The Morgan fingerprint density at radius 3 is 2.58 bits per heavy atom. The van der Waals surface area contributed by atoms with E-state index in [4.69, 9.17) is 16.0 Å². The van der Waals surface area contributed by atoms with Crippen molar-refractivity contribution in [2.24, 2.45) is 0 Å². The van der Waals surface area contributed by atoms with Crippen LogP contribution in [0.1, 0.15) is 13.8 Å². The van der Waals surface area contributed by atoms with Crippen LogP contribution in [0, 0.1) is 0 Å². The molecular weight excluding hydrogens is 352 g/mol. The molecule has 0 atom stereocenters. The molecule has 3 rings (SSSR count). The minimum Gasteiger partial charge on any atom is -0.411 e. The average molecular weight is 367 g/mol. The third kappa shape index (κ3) is 3.39. The van der Waals surface area contributed by atoms with Gasteiger partial charge < -0.3 is 9.73 Å². The zero-order valence-corrected chi connectivity index (χ0v) is 14.6. The van der Waals surface area contributed by atoms with E-state index < -0.39 is 5.54 Å². The highest BCUT2D eigenvalue weighted by Gasteiger charge is 2.43. The van der Waals surface area contributed by atoms with Crippen LogP contribution in [-0.2, 0) is 4.79 Å². The number of rotatable bonds is 5. The summed E-state index contributed by atoms with van der Waals surface area (Å²) in [5.74, 6) is 0.628. The molecule has 9 heteroatoms. The maximum Gasteiger partial charge on any atom is 0.325 e. The highest BCUT2D eigenvalue weighted by atomic mass is 35.5. The van der Waals surface area contributed by atoms with Crippen molar-refractivity contribution in [3.8, 4) is 11.5 Å². The average Bonchev–Trinajstić information content (AvgIpc) is 3.06. The monoisotopic (exact) mass is 366 g/mol. The van der Waals surface area contributed by atoms with Crippen LogP contribution in [0.25, 0.3) is 11.5 Å². The van der Waals surface area contributed by atoms with Crippen LogP contribution in [-0.4, -0.2) is 44.9 Å². The van der Waals surface area contributed by atoms with Gasteiger partial charge in [-0.25, -0.2) is 4.79 Å². The standard InChI is InChI=1S/C15H15ClN4O3S/c1-15(2)12(21)20(13(22)17-15)7-8-24-14-19-18-11(23-14)9-3-5-10(16)6-4-9/h3-6H,7-8H2,1-2H3,(H,17,22). The Labute approximate surface area is 147 Å². The van der Waals surface area contributed by atoms with Crippen LogP contribution in [0.15, 0.2) is 33.9 Å². The van der Waals surface area contributed by atoms with Gasteiger partial charge in [0.25, 0.3) is 11.1 Å². The number of hydrogen-bond donors (Lipinski definition) is 1. The summed E-state index contributed by atoms with van der Waals surface area (Å²) in [7, 11) is 0. The first-order valence-corrected chi connectivity index (χ1v) is 8.59. The predicted molar refractivity (Wildman–Crippen MR) is 89.8 cm³/mol. The molecule has 1 N–H and O–H groups in total. The fraction of sp³-hybridized carbons (Fsp3) is 0.333. The van der Waals surface area contributed by atoms with Crippen molar-refractivity contribution < 1.29 is 14.0 Å².